The Kier molecular flexibility index (Phi) is 6.65. The molecule has 0 saturated carbocycles. The number of aliphatic carboxylic acids is 1. The topological polar surface area (TPSA) is 46.5 Å². The second kappa shape index (κ2) is 8.03. The minimum absolute atomic E-state index is 0.333. The van der Waals surface area contributed by atoms with Gasteiger partial charge in [-0.25, -0.2) is 0 Å². The Morgan fingerprint density at radius 3 is 2.78 bits per heavy atom. The summed E-state index contributed by atoms with van der Waals surface area (Å²) in [7, 11) is 1.61. The van der Waals surface area contributed by atoms with E-state index < -0.39 is 5.97 Å². The highest BCUT2D eigenvalue weighted by Gasteiger charge is 2.19. The molecule has 3 nitrogen and oxygen atoms in total. The quantitative estimate of drug-likeness (QED) is 0.736. The highest BCUT2D eigenvalue weighted by atomic mass is 32.2. The summed E-state index contributed by atoms with van der Waals surface area (Å²) >= 11 is 1.78. The zero-order valence-corrected chi connectivity index (χ0v) is 11.7. The van der Waals surface area contributed by atoms with Crippen LogP contribution in [0, 0.1) is 5.92 Å². The Hall–Kier alpha value is -1.16. The van der Waals surface area contributed by atoms with Crippen LogP contribution in [0.25, 0.3) is 0 Å². The van der Waals surface area contributed by atoms with Gasteiger partial charge in [-0.05, 0) is 36.0 Å². The summed E-state index contributed by atoms with van der Waals surface area (Å²) < 4.78 is 5.25. The first-order chi connectivity index (χ1) is 8.69. The van der Waals surface area contributed by atoms with Gasteiger partial charge in [-0.3, -0.25) is 4.79 Å². The van der Waals surface area contributed by atoms with Crippen LogP contribution in [0.15, 0.2) is 24.3 Å². The molecule has 0 saturated heterocycles. The number of methoxy groups -OCH3 is 1. The Morgan fingerprint density at radius 1 is 1.44 bits per heavy atom. The highest BCUT2D eigenvalue weighted by molar-refractivity contribution is 7.99. The van der Waals surface area contributed by atoms with Crippen LogP contribution in [0.2, 0.25) is 0 Å². The minimum Gasteiger partial charge on any atom is -0.496 e. The fourth-order valence-electron chi connectivity index (χ4n) is 1.82. The van der Waals surface area contributed by atoms with Gasteiger partial charge >= 0.3 is 5.97 Å². The van der Waals surface area contributed by atoms with Crippen molar-refractivity contribution in [2.24, 2.45) is 5.92 Å². The number of hydrogen-bond acceptors (Lipinski definition) is 3. The molecule has 0 aliphatic carbocycles. The molecule has 1 N–H and O–H groups in total. The lowest BCUT2D eigenvalue weighted by Crippen LogP contribution is -2.17. The smallest absolute Gasteiger partial charge is 0.306 e. The summed E-state index contributed by atoms with van der Waals surface area (Å²) in [5.74, 6) is 1.63. The number of rotatable bonds is 8. The average Bonchev–Trinajstić information content (AvgIpc) is 2.38. The van der Waals surface area contributed by atoms with Crippen molar-refractivity contribution in [1.29, 1.82) is 0 Å². The third kappa shape index (κ3) is 4.61. The predicted octanol–water partition coefficient (Wildman–Crippen LogP) is 3.08. The lowest BCUT2D eigenvalue weighted by atomic mass is 9.96. The summed E-state index contributed by atoms with van der Waals surface area (Å²) in [5.41, 5.74) is 0.967. The second-order valence-electron chi connectivity index (χ2n) is 4.04. The summed E-state index contributed by atoms with van der Waals surface area (Å²) in [6.45, 7) is 2.08. The number of carboxylic acid groups (broad SMARTS) is 1. The molecular formula is C14H20O3S. The third-order valence-corrected chi connectivity index (χ3v) is 3.76. The number of benzene rings is 1. The minimum atomic E-state index is -0.724. The van der Waals surface area contributed by atoms with Crippen molar-refractivity contribution >= 4 is 17.7 Å². The van der Waals surface area contributed by atoms with Gasteiger partial charge in [-0.1, -0.05) is 25.1 Å². The molecule has 1 aromatic rings. The molecule has 0 aliphatic rings. The summed E-state index contributed by atoms with van der Waals surface area (Å²) in [5, 5.41) is 9.25. The van der Waals surface area contributed by atoms with Crippen molar-refractivity contribution in [3.05, 3.63) is 29.8 Å². The zero-order valence-electron chi connectivity index (χ0n) is 10.9. The number of para-hydroxylation sites is 1. The lowest BCUT2D eigenvalue weighted by molar-refractivity contribution is -0.141. The van der Waals surface area contributed by atoms with Crippen molar-refractivity contribution in [3.63, 3.8) is 0 Å². The van der Waals surface area contributed by atoms with Crippen LogP contribution in [0.3, 0.4) is 0 Å². The fourth-order valence-corrected chi connectivity index (χ4v) is 2.56. The number of thioether (sulfide) groups is 1. The van der Waals surface area contributed by atoms with Crippen LogP contribution in [-0.2, 0) is 11.2 Å². The number of carbonyl (C=O) groups is 1. The summed E-state index contributed by atoms with van der Waals surface area (Å²) in [6.07, 6.45) is 1.23. The SMILES string of the molecule is CCSCCC(Cc1ccccc1OC)C(=O)O. The van der Waals surface area contributed by atoms with E-state index in [1.165, 1.54) is 0 Å². The van der Waals surface area contributed by atoms with E-state index >= 15 is 0 Å². The van der Waals surface area contributed by atoms with Gasteiger partial charge in [0.25, 0.3) is 0 Å². The standard InChI is InChI=1S/C14H20O3S/c1-3-18-9-8-12(14(15)16)10-11-6-4-5-7-13(11)17-2/h4-7,12H,3,8-10H2,1-2H3,(H,15,16). The zero-order chi connectivity index (χ0) is 13.4. The van der Waals surface area contributed by atoms with E-state index in [4.69, 9.17) is 4.74 Å². The van der Waals surface area contributed by atoms with Crippen LogP contribution < -0.4 is 4.74 Å². The van der Waals surface area contributed by atoms with Gasteiger partial charge in [0.15, 0.2) is 0 Å². The molecule has 18 heavy (non-hydrogen) atoms. The highest BCUT2D eigenvalue weighted by Crippen LogP contribution is 2.23. The molecule has 1 rings (SSSR count). The van der Waals surface area contributed by atoms with Crippen molar-refractivity contribution < 1.29 is 14.6 Å². The fraction of sp³-hybridized carbons (Fsp3) is 0.500. The molecule has 0 amide bonds. The maximum Gasteiger partial charge on any atom is 0.306 e. The first-order valence-corrected chi connectivity index (χ1v) is 7.27. The van der Waals surface area contributed by atoms with E-state index in [0.29, 0.717) is 12.8 Å². The molecule has 0 fully saturated rings. The van der Waals surface area contributed by atoms with Gasteiger partial charge in [0, 0.05) is 0 Å². The van der Waals surface area contributed by atoms with E-state index in [1.54, 1.807) is 18.9 Å². The van der Waals surface area contributed by atoms with E-state index in [1.807, 2.05) is 24.3 Å². The van der Waals surface area contributed by atoms with Crippen LogP contribution in [0.4, 0.5) is 0 Å². The molecule has 0 radical (unpaired) electrons. The van der Waals surface area contributed by atoms with E-state index in [9.17, 15) is 9.90 Å². The monoisotopic (exact) mass is 268 g/mol. The maximum absolute atomic E-state index is 11.2. The van der Waals surface area contributed by atoms with E-state index in [-0.39, 0.29) is 5.92 Å². The summed E-state index contributed by atoms with van der Waals surface area (Å²) in [6, 6.07) is 7.61. The van der Waals surface area contributed by atoms with Gasteiger partial charge in [-0.15, -0.1) is 0 Å². The third-order valence-electron chi connectivity index (χ3n) is 2.82. The molecule has 0 heterocycles. The molecule has 4 heteroatoms. The second-order valence-corrected chi connectivity index (χ2v) is 5.43. The lowest BCUT2D eigenvalue weighted by Gasteiger charge is -2.14. The molecular weight excluding hydrogens is 248 g/mol. The van der Waals surface area contributed by atoms with Crippen LogP contribution in [-0.4, -0.2) is 29.7 Å². The van der Waals surface area contributed by atoms with Crippen molar-refractivity contribution in [3.8, 4) is 5.75 Å². The number of hydrogen-bond donors (Lipinski definition) is 1. The Balaban J connectivity index is 2.67. The van der Waals surface area contributed by atoms with Gasteiger partial charge in [-0.2, -0.15) is 11.8 Å². The Morgan fingerprint density at radius 2 is 2.17 bits per heavy atom. The number of carboxylic acids is 1. The Bertz CT molecular complexity index is 379. The largest absolute Gasteiger partial charge is 0.496 e. The van der Waals surface area contributed by atoms with Crippen LogP contribution in [0.1, 0.15) is 18.9 Å². The van der Waals surface area contributed by atoms with Gasteiger partial charge in [0.2, 0.25) is 0 Å². The van der Waals surface area contributed by atoms with Gasteiger partial charge in [0.05, 0.1) is 13.0 Å². The van der Waals surface area contributed by atoms with Gasteiger partial charge in [0.1, 0.15) is 5.75 Å². The van der Waals surface area contributed by atoms with E-state index in [2.05, 4.69) is 6.92 Å². The maximum atomic E-state index is 11.2. The van der Waals surface area contributed by atoms with Crippen molar-refractivity contribution in [2.45, 2.75) is 19.8 Å². The molecule has 100 valence electrons. The van der Waals surface area contributed by atoms with E-state index in [0.717, 1.165) is 22.8 Å². The molecule has 0 spiro atoms. The summed E-state index contributed by atoms with van der Waals surface area (Å²) in [4.78, 5) is 11.2. The first-order valence-electron chi connectivity index (χ1n) is 6.11. The Labute approximate surface area is 113 Å². The van der Waals surface area contributed by atoms with Crippen molar-refractivity contribution in [2.75, 3.05) is 18.6 Å². The van der Waals surface area contributed by atoms with Gasteiger partial charge < -0.3 is 9.84 Å². The molecule has 1 atom stereocenters. The predicted molar refractivity (Wildman–Crippen MR) is 75.4 cm³/mol. The first kappa shape index (κ1) is 14.9. The van der Waals surface area contributed by atoms with Crippen LogP contribution >= 0.6 is 11.8 Å². The molecule has 0 bridgehead atoms. The normalized spacial score (nSPS) is 12.1. The molecule has 0 aromatic heterocycles. The van der Waals surface area contributed by atoms with Crippen LogP contribution in [0.5, 0.6) is 5.75 Å². The van der Waals surface area contributed by atoms with Crippen molar-refractivity contribution in [1.82, 2.24) is 0 Å². The molecule has 1 aromatic carbocycles. The molecule has 1 unspecified atom stereocenters. The average molecular weight is 268 g/mol. The molecule has 0 aliphatic heterocycles. The number of ether oxygens (including phenoxy) is 1.